The van der Waals surface area contributed by atoms with E-state index in [0.29, 0.717) is 0 Å². The van der Waals surface area contributed by atoms with Crippen LogP contribution in [0.15, 0.2) is 0 Å². The molecular formula is C8H18N2O5S. The molecule has 0 heterocycles. The molecule has 1 unspecified atom stereocenters. The minimum atomic E-state index is -3.63. The summed E-state index contributed by atoms with van der Waals surface area (Å²) < 4.78 is 21.1. The van der Waals surface area contributed by atoms with Gasteiger partial charge in [0, 0.05) is 12.0 Å². The van der Waals surface area contributed by atoms with E-state index in [-0.39, 0.29) is 13.2 Å². The number of aliphatic hydroxyl groups is 2. The van der Waals surface area contributed by atoms with E-state index in [2.05, 4.69) is 5.32 Å². The van der Waals surface area contributed by atoms with Crippen LogP contribution in [0.2, 0.25) is 0 Å². The summed E-state index contributed by atoms with van der Waals surface area (Å²) in [6.07, 6.45) is -1.40. The highest BCUT2D eigenvalue weighted by Gasteiger charge is 2.32. The number of hydrogen-bond acceptors (Lipinski definition) is 5. The third-order valence-electron chi connectivity index (χ3n) is 2.08. The van der Waals surface area contributed by atoms with E-state index in [1.54, 1.807) is 0 Å². The molecule has 16 heavy (non-hydrogen) atoms. The van der Waals surface area contributed by atoms with E-state index >= 15 is 0 Å². The fraction of sp³-hybridized carbons (Fsp3) is 0.875. The normalized spacial score (nSPS) is 14.6. The van der Waals surface area contributed by atoms with Crippen molar-refractivity contribution < 1.29 is 23.4 Å². The van der Waals surface area contributed by atoms with Crippen LogP contribution in [-0.4, -0.2) is 49.5 Å². The van der Waals surface area contributed by atoms with Crippen molar-refractivity contribution in [3.63, 3.8) is 0 Å². The van der Waals surface area contributed by atoms with Crippen LogP contribution in [0.4, 0.5) is 0 Å². The molecule has 0 bridgehead atoms. The minimum Gasteiger partial charge on any atom is -0.396 e. The van der Waals surface area contributed by atoms with Crippen molar-refractivity contribution in [2.24, 2.45) is 10.6 Å². The van der Waals surface area contributed by atoms with Crippen LogP contribution in [0, 0.1) is 5.41 Å². The Balaban J connectivity index is 4.18. The maximum Gasteiger partial charge on any atom is 0.249 e. The molecule has 0 spiro atoms. The summed E-state index contributed by atoms with van der Waals surface area (Å²) in [5.74, 6) is -1.13. The molecule has 0 saturated heterocycles. The van der Waals surface area contributed by atoms with Gasteiger partial charge in [-0.3, -0.25) is 4.79 Å². The topological polar surface area (TPSA) is 130 Å². The molecule has 0 aliphatic rings. The fourth-order valence-corrected chi connectivity index (χ4v) is 1.24. The number of aliphatic hydroxyl groups excluding tert-OH is 2. The van der Waals surface area contributed by atoms with Gasteiger partial charge in [0.2, 0.25) is 15.9 Å². The third kappa shape index (κ3) is 5.40. The maximum absolute atomic E-state index is 11.3. The minimum absolute atomic E-state index is 0.170. The number of hydrogen-bond donors (Lipinski definition) is 4. The summed E-state index contributed by atoms with van der Waals surface area (Å²) in [5, 5.41) is 25.4. The van der Waals surface area contributed by atoms with Crippen molar-refractivity contribution in [2.45, 2.75) is 20.0 Å². The molecule has 0 aromatic heterocycles. The van der Waals surface area contributed by atoms with Gasteiger partial charge in [-0.15, -0.1) is 0 Å². The first-order valence-electron chi connectivity index (χ1n) is 4.67. The Morgan fingerprint density at radius 1 is 1.50 bits per heavy atom. The maximum atomic E-state index is 11.3. The van der Waals surface area contributed by atoms with Gasteiger partial charge in [0.25, 0.3) is 0 Å². The van der Waals surface area contributed by atoms with Gasteiger partial charge in [0.1, 0.15) is 6.10 Å². The molecule has 1 amide bonds. The van der Waals surface area contributed by atoms with Crippen molar-refractivity contribution in [3.05, 3.63) is 0 Å². The number of amides is 1. The van der Waals surface area contributed by atoms with Crippen molar-refractivity contribution >= 4 is 15.9 Å². The van der Waals surface area contributed by atoms with Gasteiger partial charge in [-0.1, -0.05) is 13.8 Å². The number of nitrogens with two attached hydrogens (primary N) is 1. The Labute approximate surface area is 94.7 Å². The molecule has 0 saturated carbocycles. The van der Waals surface area contributed by atoms with Gasteiger partial charge in [-0.05, 0) is 0 Å². The molecular weight excluding hydrogens is 236 g/mol. The van der Waals surface area contributed by atoms with E-state index in [1.165, 1.54) is 13.8 Å². The first-order valence-corrected chi connectivity index (χ1v) is 6.39. The van der Waals surface area contributed by atoms with Crippen LogP contribution in [-0.2, 0) is 14.8 Å². The number of carbonyl (C=O) groups excluding carboxylic acids is 1. The zero-order valence-electron chi connectivity index (χ0n) is 9.30. The lowest BCUT2D eigenvalue weighted by Gasteiger charge is -2.27. The summed E-state index contributed by atoms with van der Waals surface area (Å²) in [6, 6.07) is 0. The summed E-state index contributed by atoms with van der Waals surface area (Å²) in [4.78, 5) is 11.3. The number of carbonyl (C=O) groups is 1. The molecule has 0 aliphatic heterocycles. The van der Waals surface area contributed by atoms with Gasteiger partial charge in [0.05, 0.1) is 12.4 Å². The first kappa shape index (κ1) is 15.3. The standard InChI is InChI=1S/C8H18N2O5S/c1-8(2,5-11)6(12)7(13)10-3-4-16(9,14)15/h6,11-12H,3-5H2,1-2H3,(H,10,13)(H2,9,14,15). The van der Waals surface area contributed by atoms with Crippen LogP contribution in [0.3, 0.4) is 0 Å². The van der Waals surface area contributed by atoms with Gasteiger partial charge in [0.15, 0.2) is 0 Å². The van der Waals surface area contributed by atoms with E-state index in [9.17, 15) is 18.3 Å². The highest BCUT2D eigenvalue weighted by atomic mass is 32.2. The SMILES string of the molecule is CC(C)(CO)C(O)C(=O)NCCS(N)(=O)=O. The Kier molecular flexibility index (Phi) is 5.33. The number of primary sulfonamides is 1. The van der Waals surface area contributed by atoms with Crippen molar-refractivity contribution in [1.82, 2.24) is 5.32 Å². The molecule has 0 aromatic rings. The first-order chi connectivity index (χ1) is 7.10. The van der Waals surface area contributed by atoms with Gasteiger partial charge in [-0.2, -0.15) is 0 Å². The number of sulfonamides is 1. The van der Waals surface area contributed by atoms with Crippen molar-refractivity contribution in [2.75, 3.05) is 18.9 Å². The molecule has 0 rings (SSSR count). The smallest absolute Gasteiger partial charge is 0.249 e. The van der Waals surface area contributed by atoms with Crippen LogP contribution >= 0.6 is 0 Å². The second-order valence-electron chi connectivity index (χ2n) is 4.21. The van der Waals surface area contributed by atoms with Gasteiger partial charge >= 0.3 is 0 Å². The van der Waals surface area contributed by atoms with Crippen LogP contribution < -0.4 is 10.5 Å². The lowest BCUT2D eigenvalue weighted by Crippen LogP contribution is -2.46. The van der Waals surface area contributed by atoms with Crippen LogP contribution in [0.25, 0.3) is 0 Å². The summed E-state index contributed by atoms with van der Waals surface area (Å²) in [7, 11) is -3.63. The van der Waals surface area contributed by atoms with E-state index in [0.717, 1.165) is 0 Å². The highest BCUT2D eigenvalue weighted by Crippen LogP contribution is 2.19. The Morgan fingerprint density at radius 3 is 2.38 bits per heavy atom. The summed E-state index contributed by atoms with van der Waals surface area (Å²) in [6.45, 7) is 2.49. The summed E-state index contributed by atoms with van der Waals surface area (Å²) >= 11 is 0. The Bertz CT molecular complexity index is 338. The van der Waals surface area contributed by atoms with Crippen LogP contribution in [0.1, 0.15) is 13.8 Å². The number of nitrogens with one attached hydrogen (secondary N) is 1. The quantitative estimate of drug-likeness (QED) is 0.426. The summed E-state index contributed by atoms with van der Waals surface area (Å²) in [5.41, 5.74) is -0.980. The number of rotatable bonds is 6. The predicted molar refractivity (Wildman–Crippen MR) is 57.9 cm³/mol. The second kappa shape index (κ2) is 5.58. The van der Waals surface area contributed by atoms with Gasteiger partial charge < -0.3 is 15.5 Å². The highest BCUT2D eigenvalue weighted by molar-refractivity contribution is 7.89. The molecule has 1 atom stereocenters. The Hall–Kier alpha value is -0.700. The Morgan fingerprint density at radius 2 is 2.00 bits per heavy atom. The zero-order chi connectivity index (χ0) is 13.0. The molecule has 96 valence electrons. The van der Waals surface area contributed by atoms with Crippen LogP contribution in [0.5, 0.6) is 0 Å². The fourth-order valence-electron chi connectivity index (χ4n) is 0.855. The molecule has 5 N–H and O–H groups in total. The largest absolute Gasteiger partial charge is 0.396 e. The lowest BCUT2D eigenvalue weighted by molar-refractivity contribution is -0.136. The van der Waals surface area contributed by atoms with Gasteiger partial charge in [-0.25, -0.2) is 13.6 Å². The average molecular weight is 254 g/mol. The van der Waals surface area contributed by atoms with E-state index < -0.39 is 33.2 Å². The molecule has 7 nitrogen and oxygen atoms in total. The monoisotopic (exact) mass is 254 g/mol. The zero-order valence-corrected chi connectivity index (χ0v) is 10.1. The third-order valence-corrected chi connectivity index (χ3v) is 2.86. The molecule has 0 aromatic carbocycles. The van der Waals surface area contributed by atoms with Crippen molar-refractivity contribution in [3.8, 4) is 0 Å². The second-order valence-corrected chi connectivity index (χ2v) is 5.94. The molecule has 0 fully saturated rings. The predicted octanol–water partition coefficient (Wildman–Crippen LogP) is -2.23. The van der Waals surface area contributed by atoms with E-state index in [4.69, 9.17) is 10.2 Å². The van der Waals surface area contributed by atoms with E-state index in [1.807, 2.05) is 0 Å². The lowest BCUT2D eigenvalue weighted by atomic mass is 9.87. The average Bonchev–Trinajstić information content (AvgIpc) is 2.14. The molecule has 0 aliphatic carbocycles. The molecule has 0 radical (unpaired) electrons. The molecule has 8 heteroatoms. The van der Waals surface area contributed by atoms with Crippen molar-refractivity contribution in [1.29, 1.82) is 0 Å².